The van der Waals surface area contributed by atoms with Crippen LogP contribution in [0.15, 0.2) is 0 Å². The van der Waals surface area contributed by atoms with E-state index >= 15 is 0 Å². The number of ketones is 2. The molecule has 8 nitrogen and oxygen atoms in total. The van der Waals surface area contributed by atoms with E-state index in [1.54, 1.807) is 6.92 Å². The summed E-state index contributed by atoms with van der Waals surface area (Å²) >= 11 is 0. The van der Waals surface area contributed by atoms with Gasteiger partial charge in [0.25, 0.3) is 0 Å². The first kappa shape index (κ1) is 22.3. The molecule has 0 aromatic rings. The minimum absolute atomic E-state index is 0.0392. The van der Waals surface area contributed by atoms with Gasteiger partial charge in [-0.3, -0.25) is 13.8 Å². The van der Waals surface area contributed by atoms with Crippen LogP contribution in [0.3, 0.4) is 0 Å². The van der Waals surface area contributed by atoms with Crippen LogP contribution in [0.1, 0.15) is 65.2 Å². The Labute approximate surface area is 177 Å². The molecule has 0 heterocycles. The van der Waals surface area contributed by atoms with E-state index in [4.69, 9.17) is 0 Å². The molecule has 170 valence electrons. The van der Waals surface area contributed by atoms with E-state index in [9.17, 15) is 32.8 Å². The molecule has 4 saturated carbocycles. The number of hydrogen-bond acceptors (Lipinski definition) is 8. The predicted octanol–water partition coefficient (Wildman–Crippen LogP) is 1.35. The average molecular weight is 444 g/mol. The highest BCUT2D eigenvalue weighted by Gasteiger charge is 2.68. The number of fused-ring (bicyclic) bond motifs is 5. The molecule has 0 aliphatic heterocycles. The molecule has 4 aliphatic carbocycles. The quantitative estimate of drug-likeness (QED) is 0.490. The van der Waals surface area contributed by atoms with E-state index in [1.807, 2.05) is 0 Å². The van der Waals surface area contributed by atoms with Crippen molar-refractivity contribution < 1.29 is 37.0 Å². The Morgan fingerprint density at radius 3 is 2.57 bits per heavy atom. The summed E-state index contributed by atoms with van der Waals surface area (Å²) in [6.07, 6.45) is 4.38. The Balaban J connectivity index is 1.62. The third-order valence-corrected chi connectivity index (χ3v) is 9.68. The van der Waals surface area contributed by atoms with Gasteiger partial charge in [0.15, 0.2) is 5.78 Å². The van der Waals surface area contributed by atoms with Gasteiger partial charge >= 0.3 is 0 Å². The molecule has 4 fully saturated rings. The van der Waals surface area contributed by atoms with Crippen LogP contribution in [0, 0.1) is 34.5 Å². The van der Waals surface area contributed by atoms with Gasteiger partial charge in [-0.1, -0.05) is 13.8 Å². The molecule has 4 rings (SSSR count). The Morgan fingerprint density at radius 2 is 1.90 bits per heavy atom. The molecule has 0 bridgehead atoms. The maximum atomic E-state index is 13.5. The molecule has 2 N–H and O–H groups in total. The first-order valence-corrected chi connectivity index (χ1v) is 12.2. The molecule has 0 radical (unpaired) electrons. The molecule has 30 heavy (non-hydrogen) atoms. The average Bonchev–Trinajstić information content (AvgIpc) is 2.91. The highest BCUT2D eigenvalue weighted by molar-refractivity contribution is 7.80. The van der Waals surface area contributed by atoms with E-state index in [1.165, 1.54) is 0 Å². The van der Waals surface area contributed by atoms with E-state index < -0.39 is 33.8 Å². The van der Waals surface area contributed by atoms with E-state index in [2.05, 4.69) is 11.1 Å². The minimum Gasteiger partial charge on any atom is -0.726 e. The molecule has 4 aliphatic rings. The van der Waals surface area contributed by atoms with Gasteiger partial charge in [-0.05, 0) is 68.1 Å². The molecule has 0 aromatic carbocycles. The summed E-state index contributed by atoms with van der Waals surface area (Å²) in [5.41, 5.74) is -3.07. The summed E-state index contributed by atoms with van der Waals surface area (Å²) in [6.45, 7) is 2.91. The molecule has 8 unspecified atom stereocenters. The van der Waals surface area contributed by atoms with Crippen molar-refractivity contribution in [1.82, 2.24) is 0 Å². The zero-order chi connectivity index (χ0) is 22.1. The summed E-state index contributed by atoms with van der Waals surface area (Å²) in [6, 6.07) is 0. The minimum atomic E-state index is -5.05. The van der Waals surface area contributed by atoms with Gasteiger partial charge < -0.3 is 14.8 Å². The maximum absolute atomic E-state index is 13.5. The van der Waals surface area contributed by atoms with E-state index in [-0.39, 0.29) is 47.9 Å². The number of rotatable bonds is 4. The molecular formula is C21H31O8S-. The standard InChI is InChI=1S/C21H32O8S/c1-19-7-5-13(22)9-12(19)3-4-14-15-6-8-21(25,17(24)11-29-30(26,27)28)20(15,2)10-16(23)18(14)19/h12-15,18,22,25H,3-11H2,1-2H3,(H,26,27,28)/p-1. The molecule has 0 amide bonds. The van der Waals surface area contributed by atoms with Crippen molar-refractivity contribution in [3.8, 4) is 0 Å². The molecule has 9 heteroatoms. The van der Waals surface area contributed by atoms with Crippen molar-refractivity contribution >= 4 is 22.0 Å². The number of aliphatic hydroxyl groups excluding tert-OH is 1. The Bertz CT molecular complexity index is 855. The van der Waals surface area contributed by atoms with Crippen LogP contribution in [-0.4, -0.2) is 53.1 Å². The summed E-state index contributed by atoms with van der Waals surface area (Å²) < 4.78 is 36.4. The topological polar surface area (TPSA) is 141 Å². The van der Waals surface area contributed by atoms with Crippen LogP contribution in [0.25, 0.3) is 0 Å². The lowest BCUT2D eigenvalue weighted by Gasteiger charge is -2.60. The maximum Gasteiger partial charge on any atom is 0.218 e. The van der Waals surface area contributed by atoms with Gasteiger partial charge in [-0.25, -0.2) is 8.42 Å². The number of carbonyl (C=O) groups is 2. The number of aliphatic hydroxyl groups is 2. The van der Waals surface area contributed by atoms with Crippen molar-refractivity contribution in [2.45, 2.75) is 76.9 Å². The smallest absolute Gasteiger partial charge is 0.218 e. The normalized spacial score (nSPS) is 48.6. The van der Waals surface area contributed by atoms with Gasteiger partial charge in [0.05, 0.1) is 6.10 Å². The number of carbonyl (C=O) groups excluding carboxylic acids is 2. The van der Waals surface area contributed by atoms with Crippen molar-refractivity contribution in [3.05, 3.63) is 0 Å². The van der Waals surface area contributed by atoms with Crippen LogP contribution in [-0.2, 0) is 24.2 Å². The fourth-order valence-corrected chi connectivity index (χ4v) is 8.01. The second kappa shape index (κ2) is 7.07. The van der Waals surface area contributed by atoms with Crippen LogP contribution in [0.2, 0.25) is 0 Å². The second-order valence-corrected chi connectivity index (χ2v) is 11.6. The molecular weight excluding hydrogens is 412 g/mol. The van der Waals surface area contributed by atoms with E-state index in [0.717, 1.165) is 25.7 Å². The Morgan fingerprint density at radius 1 is 1.20 bits per heavy atom. The Kier molecular flexibility index (Phi) is 5.26. The number of Topliss-reactive ketones (excluding diaryl/α,β-unsaturated/α-hetero) is 2. The van der Waals surface area contributed by atoms with Crippen LogP contribution in [0.5, 0.6) is 0 Å². The van der Waals surface area contributed by atoms with Gasteiger partial charge in [0, 0.05) is 17.8 Å². The second-order valence-electron chi connectivity index (χ2n) is 10.5. The van der Waals surface area contributed by atoms with Gasteiger partial charge in [-0.15, -0.1) is 0 Å². The third-order valence-electron chi connectivity index (χ3n) is 9.27. The molecule has 0 spiro atoms. The van der Waals surface area contributed by atoms with Crippen LogP contribution < -0.4 is 0 Å². The van der Waals surface area contributed by atoms with Crippen molar-refractivity contribution in [2.75, 3.05) is 6.61 Å². The zero-order valence-corrected chi connectivity index (χ0v) is 18.3. The third kappa shape index (κ3) is 3.20. The summed E-state index contributed by atoms with van der Waals surface area (Å²) in [4.78, 5) is 26.2. The number of hydrogen-bond donors (Lipinski definition) is 2. The lowest BCUT2D eigenvalue weighted by Crippen LogP contribution is -2.62. The van der Waals surface area contributed by atoms with Crippen molar-refractivity contribution in [2.24, 2.45) is 34.5 Å². The molecule has 8 atom stereocenters. The molecule has 0 aromatic heterocycles. The van der Waals surface area contributed by atoms with Crippen molar-refractivity contribution in [1.29, 1.82) is 0 Å². The fourth-order valence-electron chi connectivity index (χ4n) is 7.76. The molecule has 0 saturated heterocycles. The zero-order valence-electron chi connectivity index (χ0n) is 17.5. The highest BCUT2D eigenvalue weighted by atomic mass is 32.3. The Hall–Kier alpha value is -0.870. The van der Waals surface area contributed by atoms with Gasteiger partial charge in [0.2, 0.25) is 10.4 Å². The van der Waals surface area contributed by atoms with Gasteiger partial charge in [0.1, 0.15) is 18.0 Å². The monoisotopic (exact) mass is 443 g/mol. The first-order valence-electron chi connectivity index (χ1n) is 10.9. The first-order chi connectivity index (χ1) is 13.8. The summed E-state index contributed by atoms with van der Waals surface area (Å²) in [7, 11) is -5.05. The van der Waals surface area contributed by atoms with Crippen molar-refractivity contribution in [3.63, 3.8) is 0 Å². The highest BCUT2D eigenvalue weighted by Crippen LogP contribution is 2.67. The van der Waals surface area contributed by atoms with E-state index in [0.29, 0.717) is 18.8 Å². The van der Waals surface area contributed by atoms with Crippen LogP contribution in [0.4, 0.5) is 0 Å². The lowest BCUT2D eigenvalue weighted by atomic mass is 9.44. The predicted molar refractivity (Wildman–Crippen MR) is 104 cm³/mol. The summed E-state index contributed by atoms with van der Waals surface area (Å²) in [5, 5.41) is 21.5. The fraction of sp³-hybridized carbons (Fsp3) is 0.905. The van der Waals surface area contributed by atoms with Gasteiger partial charge in [-0.2, -0.15) is 0 Å². The largest absolute Gasteiger partial charge is 0.726 e. The lowest BCUT2D eigenvalue weighted by molar-refractivity contribution is -0.179. The van der Waals surface area contributed by atoms with Crippen LogP contribution >= 0.6 is 0 Å². The SMILES string of the molecule is CC12CCC(O)CC1CCC1C2C(=O)CC2(C)C1CCC2(O)C(=O)COS(=O)(=O)[O-]. The summed E-state index contributed by atoms with van der Waals surface area (Å²) in [5.74, 6) is -0.626.